The third-order valence-electron chi connectivity index (χ3n) is 5.25. The van der Waals surface area contributed by atoms with Gasteiger partial charge in [0, 0.05) is 19.6 Å². The molecule has 0 radical (unpaired) electrons. The van der Waals surface area contributed by atoms with Crippen molar-refractivity contribution in [2.75, 3.05) is 32.8 Å². The zero-order valence-electron chi connectivity index (χ0n) is 13.3. The van der Waals surface area contributed by atoms with Crippen molar-refractivity contribution >= 4 is 5.97 Å². The molecule has 0 bridgehead atoms. The molecule has 4 heteroatoms. The van der Waals surface area contributed by atoms with E-state index < -0.39 is 0 Å². The summed E-state index contributed by atoms with van der Waals surface area (Å²) >= 11 is 0. The van der Waals surface area contributed by atoms with Gasteiger partial charge in [-0.05, 0) is 51.0 Å². The number of nitrogens with zero attached hydrogens (tertiary/aromatic N) is 1. The average molecular weight is 282 g/mol. The molecule has 1 N–H and O–H groups in total. The molecule has 0 spiro atoms. The van der Waals surface area contributed by atoms with E-state index in [0.717, 1.165) is 51.9 Å². The molecule has 0 aromatic carbocycles. The van der Waals surface area contributed by atoms with E-state index in [-0.39, 0.29) is 11.5 Å². The van der Waals surface area contributed by atoms with Gasteiger partial charge in [0.2, 0.25) is 0 Å². The molecule has 0 amide bonds. The molecule has 2 fully saturated rings. The van der Waals surface area contributed by atoms with Gasteiger partial charge in [-0.1, -0.05) is 13.8 Å². The maximum absolute atomic E-state index is 12.7. The molecule has 1 saturated carbocycles. The third kappa shape index (κ3) is 3.17. The lowest BCUT2D eigenvalue weighted by Gasteiger charge is -2.47. The predicted octanol–water partition coefficient (Wildman–Crippen LogP) is 2.04. The van der Waals surface area contributed by atoms with E-state index in [0.29, 0.717) is 18.4 Å². The molecule has 1 heterocycles. The summed E-state index contributed by atoms with van der Waals surface area (Å²) in [6.45, 7) is 11.0. The average Bonchev–Trinajstić information content (AvgIpc) is 2.71. The number of carbonyl (C=O) groups excluding carboxylic acids is 1. The molecule has 0 aromatic heterocycles. The van der Waals surface area contributed by atoms with Crippen LogP contribution in [0.3, 0.4) is 0 Å². The molecule has 3 atom stereocenters. The number of hydrogen-bond donors (Lipinski definition) is 1. The molecule has 2 aliphatic rings. The van der Waals surface area contributed by atoms with E-state index in [1.165, 1.54) is 0 Å². The summed E-state index contributed by atoms with van der Waals surface area (Å²) < 4.78 is 5.46. The highest BCUT2D eigenvalue weighted by atomic mass is 16.5. The maximum atomic E-state index is 12.7. The van der Waals surface area contributed by atoms with Crippen LogP contribution in [0.2, 0.25) is 0 Å². The Kier molecular flexibility index (Phi) is 5.44. The molecule has 3 unspecified atom stereocenters. The number of rotatable bonds is 3. The van der Waals surface area contributed by atoms with Crippen molar-refractivity contribution < 1.29 is 9.53 Å². The summed E-state index contributed by atoms with van der Waals surface area (Å²) in [5.74, 6) is 1.31. The summed E-state index contributed by atoms with van der Waals surface area (Å²) in [7, 11) is 0. The lowest BCUT2D eigenvalue weighted by Crippen LogP contribution is -2.59. The summed E-state index contributed by atoms with van der Waals surface area (Å²) in [6.07, 6.45) is 4.15. The van der Waals surface area contributed by atoms with Crippen molar-refractivity contribution in [3.8, 4) is 0 Å². The summed E-state index contributed by atoms with van der Waals surface area (Å²) in [4.78, 5) is 15.1. The van der Waals surface area contributed by atoms with Gasteiger partial charge in [0.1, 0.15) is 5.54 Å². The molecule has 1 saturated heterocycles. The van der Waals surface area contributed by atoms with Gasteiger partial charge in [-0.2, -0.15) is 0 Å². The van der Waals surface area contributed by atoms with Crippen LogP contribution in [-0.4, -0.2) is 49.2 Å². The fraction of sp³-hybridized carbons (Fsp3) is 0.938. The smallest absolute Gasteiger partial charge is 0.326 e. The zero-order chi connectivity index (χ0) is 14.6. The second kappa shape index (κ2) is 6.90. The second-order valence-electron chi connectivity index (χ2n) is 6.54. The molecule has 4 nitrogen and oxygen atoms in total. The Morgan fingerprint density at radius 3 is 2.80 bits per heavy atom. The molecule has 2 rings (SSSR count). The Morgan fingerprint density at radius 2 is 2.10 bits per heavy atom. The van der Waals surface area contributed by atoms with Crippen LogP contribution >= 0.6 is 0 Å². The largest absolute Gasteiger partial charge is 0.465 e. The van der Waals surface area contributed by atoms with Gasteiger partial charge >= 0.3 is 5.97 Å². The lowest BCUT2D eigenvalue weighted by atomic mass is 9.70. The molecular formula is C16H30N2O2. The summed E-state index contributed by atoms with van der Waals surface area (Å²) in [6, 6.07) is 0. The Balaban J connectivity index is 2.20. The molecule has 0 aromatic rings. The van der Waals surface area contributed by atoms with Crippen LogP contribution < -0.4 is 5.32 Å². The first-order valence-electron chi connectivity index (χ1n) is 8.23. The number of ether oxygens (including phenoxy) is 1. The number of carbonyl (C=O) groups is 1. The minimum atomic E-state index is -0.367. The van der Waals surface area contributed by atoms with Crippen molar-refractivity contribution in [1.29, 1.82) is 0 Å². The van der Waals surface area contributed by atoms with E-state index in [1.54, 1.807) is 0 Å². The van der Waals surface area contributed by atoms with Gasteiger partial charge in [-0.3, -0.25) is 9.69 Å². The molecule has 1 aliphatic heterocycles. The Morgan fingerprint density at radius 1 is 1.30 bits per heavy atom. The van der Waals surface area contributed by atoms with Gasteiger partial charge in [0.15, 0.2) is 0 Å². The van der Waals surface area contributed by atoms with E-state index >= 15 is 0 Å². The third-order valence-corrected chi connectivity index (χ3v) is 5.25. The first-order chi connectivity index (χ1) is 9.60. The minimum Gasteiger partial charge on any atom is -0.465 e. The van der Waals surface area contributed by atoms with Gasteiger partial charge in [-0.25, -0.2) is 0 Å². The monoisotopic (exact) mass is 282 g/mol. The zero-order valence-corrected chi connectivity index (χ0v) is 13.3. The van der Waals surface area contributed by atoms with Crippen molar-refractivity contribution in [1.82, 2.24) is 10.2 Å². The van der Waals surface area contributed by atoms with Gasteiger partial charge in [0.05, 0.1) is 6.61 Å². The molecule has 1 aliphatic carbocycles. The lowest BCUT2D eigenvalue weighted by molar-refractivity contribution is -0.163. The highest BCUT2D eigenvalue weighted by molar-refractivity contribution is 5.81. The normalized spacial score (nSPS) is 36.4. The van der Waals surface area contributed by atoms with E-state index in [1.807, 2.05) is 6.92 Å². The first kappa shape index (κ1) is 15.8. The Bertz CT molecular complexity index is 326. The van der Waals surface area contributed by atoms with Crippen molar-refractivity contribution in [2.45, 2.75) is 52.0 Å². The molecule has 20 heavy (non-hydrogen) atoms. The van der Waals surface area contributed by atoms with Crippen LogP contribution in [0.15, 0.2) is 0 Å². The summed E-state index contributed by atoms with van der Waals surface area (Å²) in [5.41, 5.74) is -0.367. The van der Waals surface area contributed by atoms with Gasteiger partial charge < -0.3 is 10.1 Å². The summed E-state index contributed by atoms with van der Waals surface area (Å²) in [5, 5.41) is 3.43. The highest BCUT2D eigenvalue weighted by Crippen LogP contribution is 2.41. The van der Waals surface area contributed by atoms with E-state index in [9.17, 15) is 4.79 Å². The standard InChI is InChI=1S/C16H30N2O2/c1-4-20-15(19)16(7-6-13(2)14(3)12-16)18-10-5-8-17-9-11-18/h13-14,17H,4-12H2,1-3H3. The van der Waals surface area contributed by atoms with Crippen LogP contribution in [0.4, 0.5) is 0 Å². The maximum Gasteiger partial charge on any atom is 0.326 e. The molecular weight excluding hydrogens is 252 g/mol. The van der Waals surface area contributed by atoms with Crippen LogP contribution in [-0.2, 0) is 9.53 Å². The highest BCUT2D eigenvalue weighted by Gasteiger charge is 2.49. The van der Waals surface area contributed by atoms with Gasteiger partial charge in [-0.15, -0.1) is 0 Å². The second-order valence-corrected chi connectivity index (χ2v) is 6.54. The number of hydrogen-bond acceptors (Lipinski definition) is 4. The quantitative estimate of drug-likeness (QED) is 0.804. The van der Waals surface area contributed by atoms with Crippen molar-refractivity contribution in [3.05, 3.63) is 0 Å². The van der Waals surface area contributed by atoms with E-state index in [4.69, 9.17) is 4.74 Å². The van der Waals surface area contributed by atoms with Crippen LogP contribution in [0.1, 0.15) is 46.5 Å². The predicted molar refractivity (Wildman–Crippen MR) is 80.6 cm³/mol. The Labute approximate surface area is 123 Å². The topological polar surface area (TPSA) is 41.6 Å². The Hall–Kier alpha value is -0.610. The minimum absolute atomic E-state index is 0.0145. The van der Waals surface area contributed by atoms with Crippen molar-refractivity contribution in [2.24, 2.45) is 11.8 Å². The number of esters is 1. The fourth-order valence-corrected chi connectivity index (χ4v) is 3.73. The van der Waals surface area contributed by atoms with Crippen LogP contribution in [0.25, 0.3) is 0 Å². The first-order valence-corrected chi connectivity index (χ1v) is 8.23. The number of nitrogens with one attached hydrogen (secondary N) is 1. The molecule has 116 valence electrons. The van der Waals surface area contributed by atoms with Crippen molar-refractivity contribution in [3.63, 3.8) is 0 Å². The fourth-order valence-electron chi connectivity index (χ4n) is 3.73. The van der Waals surface area contributed by atoms with E-state index in [2.05, 4.69) is 24.1 Å². The SMILES string of the molecule is CCOC(=O)C1(N2CCCNCC2)CCC(C)C(C)C1. The van der Waals surface area contributed by atoms with Gasteiger partial charge in [0.25, 0.3) is 0 Å². The van der Waals surface area contributed by atoms with Crippen LogP contribution in [0, 0.1) is 11.8 Å². The van der Waals surface area contributed by atoms with Crippen LogP contribution in [0.5, 0.6) is 0 Å².